The van der Waals surface area contributed by atoms with Crippen molar-refractivity contribution in [2.45, 2.75) is 38.8 Å². The highest BCUT2D eigenvalue weighted by atomic mass is 16.7. The van der Waals surface area contributed by atoms with Crippen LogP contribution >= 0.6 is 0 Å². The number of rotatable bonds is 3. The fourth-order valence-electron chi connectivity index (χ4n) is 1.35. The van der Waals surface area contributed by atoms with Gasteiger partial charge in [-0.1, -0.05) is 0 Å². The first-order valence-corrected chi connectivity index (χ1v) is 4.63. The predicted octanol–water partition coefficient (Wildman–Crippen LogP) is -0.412. The van der Waals surface area contributed by atoms with Gasteiger partial charge in [0, 0.05) is 20.3 Å². The van der Waals surface area contributed by atoms with Crippen LogP contribution in [0, 0.1) is 0 Å². The zero-order chi connectivity index (χ0) is 11.4. The molecule has 1 saturated heterocycles. The molecule has 0 aromatic carbocycles. The highest BCUT2D eigenvalue weighted by molar-refractivity contribution is 5.66. The Bertz CT molecular complexity index is 251. The summed E-state index contributed by atoms with van der Waals surface area (Å²) in [6.07, 6.45) is -1.92. The summed E-state index contributed by atoms with van der Waals surface area (Å²) in [5.41, 5.74) is 0. The second-order valence-corrected chi connectivity index (χ2v) is 3.33. The van der Waals surface area contributed by atoms with Crippen molar-refractivity contribution in [2.75, 3.05) is 6.61 Å². The van der Waals surface area contributed by atoms with Crippen molar-refractivity contribution in [3.8, 4) is 0 Å². The van der Waals surface area contributed by atoms with Gasteiger partial charge < -0.3 is 19.3 Å². The normalized spacial score (nSPS) is 29.9. The molecule has 1 N–H and O–H groups in total. The van der Waals surface area contributed by atoms with Crippen LogP contribution in [0.4, 0.5) is 0 Å². The van der Waals surface area contributed by atoms with Crippen LogP contribution in [0.15, 0.2) is 0 Å². The SMILES string of the molecule is CC(=O)OCC1CC(OC(C)=O)C(O)O1. The number of esters is 2. The molecule has 0 aromatic heterocycles. The molecule has 0 bridgehead atoms. The number of hydrogen-bond acceptors (Lipinski definition) is 6. The summed E-state index contributed by atoms with van der Waals surface area (Å²) >= 11 is 0. The van der Waals surface area contributed by atoms with E-state index < -0.39 is 30.4 Å². The van der Waals surface area contributed by atoms with E-state index in [1.54, 1.807) is 0 Å². The Morgan fingerprint density at radius 2 is 2.07 bits per heavy atom. The lowest BCUT2D eigenvalue weighted by atomic mass is 10.2. The van der Waals surface area contributed by atoms with Crippen LogP contribution in [-0.2, 0) is 23.8 Å². The van der Waals surface area contributed by atoms with E-state index in [0.29, 0.717) is 6.42 Å². The van der Waals surface area contributed by atoms with Crippen molar-refractivity contribution < 1.29 is 28.9 Å². The van der Waals surface area contributed by atoms with Crippen molar-refractivity contribution in [3.05, 3.63) is 0 Å². The third-order valence-corrected chi connectivity index (χ3v) is 1.93. The Balaban J connectivity index is 2.34. The third kappa shape index (κ3) is 3.85. The second-order valence-electron chi connectivity index (χ2n) is 3.33. The summed E-state index contributed by atoms with van der Waals surface area (Å²) in [4.78, 5) is 21.2. The first-order chi connectivity index (χ1) is 6.99. The van der Waals surface area contributed by atoms with Gasteiger partial charge in [0.1, 0.15) is 6.61 Å². The molecule has 0 aromatic rings. The van der Waals surface area contributed by atoms with Crippen LogP contribution in [0.2, 0.25) is 0 Å². The van der Waals surface area contributed by atoms with Crippen LogP contribution in [0.25, 0.3) is 0 Å². The van der Waals surface area contributed by atoms with Gasteiger partial charge in [-0.2, -0.15) is 0 Å². The summed E-state index contributed by atoms with van der Waals surface area (Å²) < 4.78 is 14.5. The highest BCUT2D eigenvalue weighted by Crippen LogP contribution is 2.21. The Morgan fingerprint density at radius 3 is 2.60 bits per heavy atom. The fourth-order valence-corrected chi connectivity index (χ4v) is 1.35. The van der Waals surface area contributed by atoms with E-state index in [1.165, 1.54) is 13.8 Å². The molecule has 86 valence electrons. The highest BCUT2D eigenvalue weighted by Gasteiger charge is 2.36. The second kappa shape index (κ2) is 5.09. The van der Waals surface area contributed by atoms with E-state index in [0.717, 1.165) is 0 Å². The summed E-state index contributed by atoms with van der Waals surface area (Å²) in [7, 11) is 0. The number of hydrogen-bond donors (Lipinski definition) is 1. The van der Waals surface area contributed by atoms with E-state index in [2.05, 4.69) is 0 Å². The largest absolute Gasteiger partial charge is 0.463 e. The van der Waals surface area contributed by atoms with Crippen molar-refractivity contribution in [2.24, 2.45) is 0 Å². The Labute approximate surface area is 87.1 Å². The zero-order valence-corrected chi connectivity index (χ0v) is 8.63. The van der Waals surface area contributed by atoms with Crippen LogP contribution < -0.4 is 0 Å². The van der Waals surface area contributed by atoms with Crippen LogP contribution in [0.1, 0.15) is 20.3 Å². The first-order valence-electron chi connectivity index (χ1n) is 4.63. The molecule has 3 atom stereocenters. The number of carbonyl (C=O) groups excluding carboxylic acids is 2. The van der Waals surface area contributed by atoms with Gasteiger partial charge in [0.25, 0.3) is 0 Å². The number of ether oxygens (including phenoxy) is 3. The van der Waals surface area contributed by atoms with Gasteiger partial charge in [-0.25, -0.2) is 0 Å². The molecule has 6 nitrogen and oxygen atoms in total. The van der Waals surface area contributed by atoms with Gasteiger partial charge in [-0.3, -0.25) is 9.59 Å². The molecule has 0 amide bonds. The Morgan fingerprint density at radius 1 is 1.40 bits per heavy atom. The maximum absolute atomic E-state index is 10.6. The minimum absolute atomic E-state index is 0.0597. The maximum atomic E-state index is 10.6. The summed E-state index contributed by atoms with van der Waals surface area (Å²) in [6.45, 7) is 2.60. The van der Waals surface area contributed by atoms with E-state index in [1.807, 2.05) is 0 Å². The molecule has 1 aliphatic heterocycles. The summed E-state index contributed by atoms with van der Waals surface area (Å²) in [6, 6.07) is 0. The minimum Gasteiger partial charge on any atom is -0.463 e. The Hall–Kier alpha value is -1.14. The lowest BCUT2D eigenvalue weighted by Gasteiger charge is -2.11. The van der Waals surface area contributed by atoms with Crippen molar-refractivity contribution >= 4 is 11.9 Å². The van der Waals surface area contributed by atoms with Gasteiger partial charge >= 0.3 is 11.9 Å². The van der Waals surface area contributed by atoms with Crippen molar-refractivity contribution in [3.63, 3.8) is 0 Å². The van der Waals surface area contributed by atoms with Gasteiger partial charge in [0.2, 0.25) is 0 Å². The summed E-state index contributed by atoms with van der Waals surface area (Å²) in [5.74, 6) is -0.889. The Kier molecular flexibility index (Phi) is 4.05. The topological polar surface area (TPSA) is 82.1 Å². The van der Waals surface area contributed by atoms with Crippen LogP contribution in [0.5, 0.6) is 0 Å². The van der Waals surface area contributed by atoms with Gasteiger partial charge in [-0.05, 0) is 0 Å². The van der Waals surface area contributed by atoms with E-state index >= 15 is 0 Å². The molecular formula is C9H14O6. The predicted molar refractivity (Wildman–Crippen MR) is 47.7 cm³/mol. The molecule has 1 heterocycles. The molecule has 1 fully saturated rings. The van der Waals surface area contributed by atoms with E-state index in [9.17, 15) is 14.7 Å². The third-order valence-electron chi connectivity index (χ3n) is 1.93. The minimum atomic E-state index is -1.14. The molecule has 15 heavy (non-hydrogen) atoms. The molecule has 0 saturated carbocycles. The van der Waals surface area contributed by atoms with Crippen molar-refractivity contribution in [1.29, 1.82) is 0 Å². The monoisotopic (exact) mass is 218 g/mol. The van der Waals surface area contributed by atoms with Crippen LogP contribution in [0.3, 0.4) is 0 Å². The maximum Gasteiger partial charge on any atom is 0.303 e. The zero-order valence-electron chi connectivity index (χ0n) is 8.63. The van der Waals surface area contributed by atoms with Gasteiger partial charge in [0.05, 0.1) is 6.10 Å². The lowest BCUT2D eigenvalue weighted by molar-refractivity contribution is -0.170. The average Bonchev–Trinajstić information content (AvgIpc) is 2.43. The molecule has 0 radical (unpaired) electrons. The standard InChI is InChI=1S/C9H14O6/c1-5(10)13-4-7-3-8(9(12)15-7)14-6(2)11/h7-9,12H,3-4H2,1-2H3. The summed E-state index contributed by atoms with van der Waals surface area (Å²) in [5, 5.41) is 9.33. The van der Waals surface area contributed by atoms with Crippen LogP contribution in [-0.4, -0.2) is 42.1 Å². The van der Waals surface area contributed by atoms with E-state index in [4.69, 9.17) is 14.2 Å². The molecule has 0 spiro atoms. The molecule has 1 aliphatic rings. The quantitative estimate of drug-likeness (QED) is 0.648. The molecular weight excluding hydrogens is 204 g/mol. The van der Waals surface area contributed by atoms with Crippen molar-refractivity contribution in [1.82, 2.24) is 0 Å². The molecule has 6 heteroatoms. The molecule has 0 aliphatic carbocycles. The van der Waals surface area contributed by atoms with E-state index in [-0.39, 0.29) is 6.61 Å². The number of aliphatic hydroxyl groups excluding tert-OH is 1. The van der Waals surface area contributed by atoms with Gasteiger partial charge in [-0.15, -0.1) is 0 Å². The number of aliphatic hydroxyl groups is 1. The number of carbonyl (C=O) groups is 2. The smallest absolute Gasteiger partial charge is 0.303 e. The average molecular weight is 218 g/mol. The first kappa shape index (κ1) is 11.9. The molecule has 1 rings (SSSR count). The van der Waals surface area contributed by atoms with Gasteiger partial charge in [0.15, 0.2) is 12.4 Å². The fraction of sp³-hybridized carbons (Fsp3) is 0.778. The molecule has 3 unspecified atom stereocenters. The lowest BCUT2D eigenvalue weighted by Crippen LogP contribution is -2.25.